The molecule has 0 spiro atoms. The van der Waals surface area contributed by atoms with Crippen LogP contribution >= 0.6 is 11.3 Å². The van der Waals surface area contributed by atoms with E-state index in [-0.39, 0.29) is 0 Å². The van der Waals surface area contributed by atoms with Gasteiger partial charge in [0.2, 0.25) is 0 Å². The third kappa shape index (κ3) is 2.63. The molecular weight excluding hydrogens is 260 g/mol. The summed E-state index contributed by atoms with van der Waals surface area (Å²) in [7, 11) is 0. The predicted molar refractivity (Wildman–Crippen MR) is 74.8 cm³/mol. The summed E-state index contributed by atoms with van der Waals surface area (Å²) in [6.07, 6.45) is 6.15. The van der Waals surface area contributed by atoms with Gasteiger partial charge in [-0.15, -0.1) is 11.3 Å². The highest BCUT2D eigenvalue weighted by atomic mass is 32.1. The van der Waals surface area contributed by atoms with Crippen molar-refractivity contribution in [2.75, 3.05) is 5.73 Å². The molecule has 2 heterocycles. The van der Waals surface area contributed by atoms with Gasteiger partial charge >= 0.3 is 0 Å². The number of thiazole rings is 1. The molecule has 1 fully saturated rings. The molecule has 0 aromatic carbocycles. The molecule has 6 heteroatoms. The quantitative estimate of drug-likeness (QED) is 0.930. The molecule has 1 saturated carbocycles. The van der Waals surface area contributed by atoms with Crippen LogP contribution in [0.2, 0.25) is 0 Å². The number of nitrogens with zero attached hydrogens (tertiary/aromatic N) is 3. The van der Waals surface area contributed by atoms with Crippen LogP contribution in [0.5, 0.6) is 0 Å². The zero-order valence-electron chi connectivity index (χ0n) is 11.0. The number of hydrogen-bond donors (Lipinski definition) is 1. The van der Waals surface area contributed by atoms with Crippen molar-refractivity contribution < 1.29 is 4.52 Å². The minimum absolute atomic E-state index is 0.441. The van der Waals surface area contributed by atoms with Gasteiger partial charge < -0.3 is 10.3 Å². The molecule has 0 radical (unpaired) electrons. The number of aromatic nitrogens is 3. The van der Waals surface area contributed by atoms with E-state index in [1.54, 1.807) is 0 Å². The Morgan fingerprint density at radius 1 is 1.32 bits per heavy atom. The first kappa shape index (κ1) is 12.6. The minimum atomic E-state index is 0.441. The highest BCUT2D eigenvalue weighted by molar-refractivity contribution is 7.13. The van der Waals surface area contributed by atoms with Crippen molar-refractivity contribution >= 4 is 16.5 Å². The van der Waals surface area contributed by atoms with E-state index in [9.17, 15) is 0 Å². The molecule has 1 aliphatic rings. The molecule has 2 aromatic rings. The van der Waals surface area contributed by atoms with Gasteiger partial charge in [-0.2, -0.15) is 4.98 Å². The summed E-state index contributed by atoms with van der Waals surface area (Å²) in [4.78, 5) is 8.64. The van der Waals surface area contributed by atoms with Gasteiger partial charge in [0.25, 0.3) is 5.89 Å². The monoisotopic (exact) mass is 278 g/mol. The Kier molecular flexibility index (Phi) is 3.50. The van der Waals surface area contributed by atoms with Crippen molar-refractivity contribution in [2.45, 2.75) is 44.9 Å². The van der Waals surface area contributed by atoms with Crippen LogP contribution < -0.4 is 5.73 Å². The lowest BCUT2D eigenvalue weighted by Crippen LogP contribution is -2.13. The maximum atomic E-state index is 5.61. The summed E-state index contributed by atoms with van der Waals surface area (Å²) in [5, 5.41) is 6.49. The second kappa shape index (κ2) is 5.28. The van der Waals surface area contributed by atoms with Gasteiger partial charge in [-0.25, -0.2) is 4.98 Å². The van der Waals surface area contributed by atoms with Crippen LogP contribution in [-0.2, 0) is 0 Å². The van der Waals surface area contributed by atoms with Crippen molar-refractivity contribution in [1.82, 2.24) is 15.1 Å². The van der Waals surface area contributed by atoms with Crippen LogP contribution in [-0.4, -0.2) is 15.1 Å². The molecule has 0 saturated heterocycles. The molecule has 0 unspecified atom stereocenters. The Bertz CT molecular complexity index is 542. The largest absolute Gasteiger partial charge is 0.375 e. The summed E-state index contributed by atoms with van der Waals surface area (Å²) >= 11 is 1.39. The van der Waals surface area contributed by atoms with Crippen LogP contribution in [0.15, 0.2) is 9.90 Å². The zero-order chi connectivity index (χ0) is 13.2. The highest BCUT2D eigenvalue weighted by Crippen LogP contribution is 2.36. The SMILES string of the molecule is CCC1CCC(c2noc(-c3csc(N)n3)n2)CC1. The fraction of sp³-hybridized carbons (Fsp3) is 0.615. The van der Waals surface area contributed by atoms with E-state index in [1.807, 2.05) is 5.38 Å². The molecule has 0 bridgehead atoms. The average Bonchev–Trinajstić information content (AvgIpc) is 3.07. The smallest absolute Gasteiger partial charge is 0.277 e. The summed E-state index contributed by atoms with van der Waals surface area (Å²) in [6, 6.07) is 0. The number of hydrogen-bond acceptors (Lipinski definition) is 6. The summed E-state index contributed by atoms with van der Waals surface area (Å²) in [6.45, 7) is 2.27. The second-order valence-corrected chi connectivity index (χ2v) is 6.04. The van der Waals surface area contributed by atoms with Crippen molar-refractivity contribution in [3.05, 3.63) is 11.2 Å². The fourth-order valence-corrected chi connectivity index (χ4v) is 3.26. The molecule has 2 N–H and O–H groups in total. The van der Waals surface area contributed by atoms with E-state index in [2.05, 4.69) is 22.0 Å². The normalized spacial score (nSPS) is 23.6. The molecule has 0 aliphatic heterocycles. The van der Waals surface area contributed by atoms with E-state index in [0.29, 0.717) is 22.6 Å². The topological polar surface area (TPSA) is 77.8 Å². The Morgan fingerprint density at radius 2 is 2.11 bits per heavy atom. The lowest BCUT2D eigenvalue weighted by molar-refractivity contribution is 0.305. The first-order chi connectivity index (χ1) is 9.26. The van der Waals surface area contributed by atoms with Gasteiger partial charge in [-0.1, -0.05) is 18.5 Å². The van der Waals surface area contributed by atoms with Crippen molar-refractivity contribution in [3.63, 3.8) is 0 Å². The Hall–Kier alpha value is -1.43. The first-order valence-corrected chi connectivity index (χ1v) is 7.69. The van der Waals surface area contributed by atoms with Crippen molar-refractivity contribution in [3.8, 4) is 11.6 Å². The third-order valence-electron chi connectivity index (χ3n) is 3.97. The van der Waals surface area contributed by atoms with Crippen LogP contribution in [0.25, 0.3) is 11.6 Å². The molecule has 5 nitrogen and oxygen atoms in total. The van der Waals surface area contributed by atoms with Crippen LogP contribution in [0, 0.1) is 5.92 Å². The number of anilines is 1. The first-order valence-electron chi connectivity index (χ1n) is 6.81. The predicted octanol–water partition coefficient (Wildman–Crippen LogP) is 3.46. The lowest BCUT2D eigenvalue weighted by atomic mass is 9.80. The molecule has 0 atom stereocenters. The maximum Gasteiger partial charge on any atom is 0.277 e. The van der Waals surface area contributed by atoms with E-state index >= 15 is 0 Å². The van der Waals surface area contributed by atoms with E-state index in [1.165, 1.54) is 30.6 Å². The van der Waals surface area contributed by atoms with Gasteiger partial charge in [0.15, 0.2) is 11.0 Å². The standard InChI is InChI=1S/C13H18N4OS/c1-2-8-3-5-9(6-4-8)11-16-12(18-17-11)10-7-19-13(14)15-10/h7-9H,2-6H2,1H3,(H2,14,15). The van der Waals surface area contributed by atoms with E-state index < -0.39 is 0 Å². The van der Waals surface area contributed by atoms with Crippen molar-refractivity contribution in [1.29, 1.82) is 0 Å². The summed E-state index contributed by atoms with van der Waals surface area (Å²) in [5.41, 5.74) is 6.30. The maximum absolute atomic E-state index is 5.61. The minimum Gasteiger partial charge on any atom is -0.375 e. The number of rotatable bonds is 3. The fourth-order valence-electron chi connectivity index (χ4n) is 2.72. The van der Waals surface area contributed by atoms with Gasteiger partial charge in [-0.05, 0) is 31.6 Å². The zero-order valence-corrected chi connectivity index (χ0v) is 11.8. The molecule has 19 heavy (non-hydrogen) atoms. The van der Waals surface area contributed by atoms with Gasteiger partial charge in [-0.3, -0.25) is 0 Å². The van der Waals surface area contributed by atoms with Gasteiger partial charge in [0.1, 0.15) is 5.69 Å². The van der Waals surface area contributed by atoms with Crippen LogP contribution in [0.1, 0.15) is 50.8 Å². The lowest BCUT2D eigenvalue weighted by Gasteiger charge is -2.25. The number of nitrogens with two attached hydrogens (primary N) is 1. The summed E-state index contributed by atoms with van der Waals surface area (Å²) in [5.74, 6) is 2.63. The second-order valence-electron chi connectivity index (χ2n) is 5.15. The molecule has 0 amide bonds. The van der Waals surface area contributed by atoms with E-state index in [4.69, 9.17) is 10.3 Å². The Balaban J connectivity index is 1.72. The van der Waals surface area contributed by atoms with Gasteiger partial charge in [0.05, 0.1) is 0 Å². The Labute approximate surface area is 116 Å². The highest BCUT2D eigenvalue weighted by Gasteiger charge is 2.25. The molecule has 3 rings (SSSR count). The molecule has 2 aromatic heterocycles. The number of nitrogen functional groups attached to an aromatic ring is 1. The molecular formula is C13H18N4OS. The van der Waals surface area contributed by atoms with Gasteiger partial charge in [0, 0.05) is 11.3 Å². The van der Waals surface area contributed by atoms with Crippen molar-refractivity contribution in [2.24, 2.45) is 5.92 Å². The summed E-state index contributed by atoms with van der Waals surface area (Å²) < 4.78 is 5.30. The van der Waals surface area contributed by atoms with Crippen LogP contribution in [0.4, 0.5) is 5.13 Å². The molecule has 102 valence electrons. The Morgan fingerprint density at radius 3 is 2.74 bits per heavy atom. The van der Waals surface area contributed by atoms with Crippen LogP contribution in [0.3, 0.4) is 0 Å². The third-order valence-corrected chi connectivity index (χ3v) is 4.65. The molecule has 1 aliphatic carbocycles. The average molecular weight is 278 g/mol. The van der Waals surface area contributed by atoms with E-state index in [0.717, 1.165) is 24.6 Å².